The molecule has 2 heteroatoms. The molecule has 1 aromatic carbocycles. The Morgan fingerprint density at radius 1 is 1.29 bits per heavy atom. The molecule has 1 aromatic rings. The van der Waals surface area contributed by atoms with Crippen LogP contribution in [0, 0.1) is 5.92 Å². The Balaban J connectivity index is 1.90. The number of benzene rings is 1. The van der Waals surface area contributed by atoms with E-state index < -0.39 is 0 Å². The molecule has 0 spiro atoms. The average Bonchev–Trinajstić information content (AvgIpc) is 2.13. The van der Waals surface area contributed by atoms with Gasteiger partial charge in [-0.05, 0) is 36.6 Å². The summed E-state index contributed by atoms with van der Waals surface area (Å²) in [5.74, 6) is 0.934. The van der Waals surface area contributed by atoms with E-state index in [0.29, 0.717) is 0 Å². The molecule has 0 aliphatic carbocycles. The maximum atomic E-state index is 3.45. The average molecular weight is 254 g/mol. The fourth-order valence-electron chi connectivity index (χ4n) is 2.02. The smallest absolute Gasteiger partial charge is 0.0367 e. The van der Waals surface area contributed by atoms with E-state index in [1.165, 1.54) is 31.6 Å². The van der Waals surface area contributed by atoms with Crippen LogP contribution < -0.4 is 4.90 Å². The summed E-state index contributed by atoms with van der Waals surface area (Å²) in [5.41, 5.74) is 1.36. The number of hydrogen-bond donors (Lipinski definition) is 0. The zero-order valence-corrected chi connectivity index (χ0v) is 10.1. The predicted molar refractivity (Wildman–Crippen MR) is 64.8 cm³/mol. The fourth-order valence-corrected chi connectivity index (χ4v) is 2.29. The summed E-state index contributed by atoms with van der Waals surface area (Å²) in [4.78, 5) is 2.45. The molecule has 1 heterocycles. The van der Waals surface area contributed by atoms with Gasteiger partial charge in [0.05, 0.1) is 0 Å². The highest BCUT2D eigenvalue weighted by molar-refractivity contribution is 9.10. The van der Waals surface area contributed by atoms with Gasteiger partial charge in [-0.2, -0.15) is 0 Å². The van der Waals surface area contributed by atoms with Gasteiger partial charge in [0.2, 0.25) is 0 Å². The summed E-state index contributed by atoms with van der Waals surface area (Å²) in [5, 5.41) is 0. The van der Waals surface area contributed by atoms with Crippen LogP contribution in [0.4, 0.5) is 5.69 Å². The Morgan fingerprint density at radius 3 is 2.50 bits per heavy atom. The monoisotopic (exact) mass is 253 g/mol. The SMILES string of the molecule is CCCC1CN(c2ccc(Br)cc2)C1. The van der Waals surface area contributed by atoms with Crippen molar-refractivity contribution in [3.8, 4) is 0 Å². The Bertz CT molecular complexity index is 288. The lowest BCUT2D eigenvalue weighted by Gasteiger charge is -2.41. The van der Waals surface area contributed by atoms with Crippen molar-refractivity contribution in [2.45, 2.75) is 19.8 Å². The molecule has 0 atom stereocenters. The molecule has 0 aromatic heterocycles. The van der Waals surface area contributed by atoms with Crippen molar-refractivity contribution in [3.63, 3.8) is 0 Å². The van der Waals surface area contributed by atoms with E-state index in [-0.39, 0.29) is 0 Å². The van der Waals surface area contributed by atoms with Crippen molar-refractivity contribution in [2.24, 2.45) is 5.92 Å². The fraction of sp³-hybridized carbons (Fsp3) is 0.500. The molecule has 0 amide bonds. The second-order valence-corrected chi connectivity index (χ2v) is 4.95. The van der Waals surface area contributed by atoms with Crippen LogP contribution in [0.15, 0.2) is 28.7 Å². The lowest BCUT2D eigenvalue weighted by molar-refractivity contribution is 0.381. The van der Waals surface area contributed by atoms with E-state index in [0.717, 1.165) is 10.4 Å². The molecule has 0 N–H and O–H groups in total. The Hall–Kier alpha value is -0.500. The number of halogens is 1. The number of nitrogens with zero attached hydrogens (tertiary/aromatic N) is 1. The topological polar surface area (TPSA) is 3.24 Å². The molecule has 1 aliphatic heterocycles. The van der Waals surface area contributed by atoms with Gasteiger partial charge >= 0.3 is 0 Å². The summed E-state index contributed by atoms with van der Waals surface area (Å²) >= 11 is 3.45. The molecule has 2 rings (SSSR count). The summed E-state index contributed by atoms with van der Waals surface area (Å²) in [6.45, 7) is 4.76. The second-order valence-electron chi connectivity index (χ2n) is 4.04. The number of hydrogen-bond acceptors (Lipinski definition) is 1. The molecule has 1 nitrogen and oxygen atoms in total. The normalized spacial score (nSPS) is 16.9. The van der Waals surface area contributed by atoms with Gasteiger partial charge in [0.25, 0.3) is 0 Å². The van der Waals surface area contributed by atoms with Crippen molar-refractivity contribution in [2.75, 3.05) is 18.0 Å². The highest BCUT2D eigenvalue weighted by Gasteiger charge is 2.25. The highest BCUT2D eigenvalue weighted by atomic mass is 79.9. The Morgan fingerprint density at radius 2 is 1.93 bits per heavy atom. The van der Waals surface area contributed by atoms with Crippen molar-refractivity contribution in [1.29, 1.82) is 0 Å². The van der Waals surface area contributed by atoms with Crippen molar-refractivity contribution < 1.29 is 0 Å². The second kappa shape index (κ2) is 4.35. The third-order valence-electron chi connectivity index (χ3n) is 2.85. The van der Waals surface area contributed by atoms with Crippen LogP contribution >= 0.6 is 15.9 Å². The molecule has 0 saturated carbocycles. The molecular formula is C12H16BrN. The molecule has 0 radical (unpaired) electrons. The first-order valence-electron chi connectivity index (χ1n) is 5.30. The van der Waals surface area contributed by atoms with Gasteiger partial charge in [0.15, 0.2) is 0 Å². The predicted octanol–water partition coefficient (Wildman–Crippen LogP) is 3.69. The van der Waals surface area contributed by atoms with Crippen LogP contribution in [-0.4, -0.2) is 13.1 Å². The molecule has 0 unspecified atom stereocenters. The third-order valence-corrected chi connectivity index (χ3v) is 3.37. The van der Waals surface area contributed by atoms with Crippen molar-refractivity contribution in [1.82, 2.24) is 0 Å². The standard InChI is InChI=1S/C12H16BrN/c1-2-3-10-8-14(9-10)12-6-4-11(13)5-7-12/h4-7,10H,2-3,8-9H2,1H3. The summed E-state index contributed by atoms with van der Waals surface area (Å²) < 4.78 is 1.16. The maximum absolute atomic E-state index is 3.45. The molecule has 76 valence electrons. The van der Waals surface area contributed by atoms with Gasteiger partial charge in [-0.15, -0.1) is 0 Å². The minimum Gasteiger partial charge on any atom is -0.371 e. The first kappa shape index (κ1) is 10.0. The lowest BCUT2D eigenvalue weighted by Crippen LogP contribution is -2.46. The quantitative estimate of drug-likeness (QED) is 0.795. The van der Waals surface area contributed by atoms with E-state index >= 15 is 0 Å². The lowest BCUT2D eigenvalue weighted by atomic mass is 9.94. The van der Waals surface area contributed by atoms with Gasteiger partial charge < -0.3 is 4.90 Å². The van der Waals surface area contributed by atoms with E-state index in [1.807, 2.05) is 0 Å². The van der Waals surface area contributed by atoms with Crippen LogP contribution in [0.2, 0.25) is 0 Å². The van der Waals surface area contributed by atoms with Crippen molar-refractivity contribution >= 4 is 21.6 Å². The molecule has 14 heavy (non-hydrogen) atoms. The Kier molecular flexibility index (Phi) is 3.12. The minimum absolute atomic E-state index is 0.934. The van der Waals surface area contributed by atoms with Crippen LogP contribution in [0.1, 0.15) is 19.8 Å². The number of rotatable bonds is 3. The summed E-state index contributed by atoms with van der Waals surface area (Å²) in [6, 6.07) is 8.60. The van der Waals surface area contributed by atoms with E-state index in [4.69, 9.17) is 0 Å². The van der Waals surface area contributed by atoms with Crippen molar-refractivity contribution in [3.05, 3.63) is 28.7 Å². The first-order chi connectivity index (χ1) is 6.79. The summed E-state index contributed by atoms with van der Waals surface area (Å²) in [6.07, 6.45) is 2.70. The van der Waals surface area contributed by atoms with E-state index in [2.05, 4.69) is 52.0 Å². The van der Waals surface area contributed by atoms with Gasteiger partial charge in [-0.3, -0.25) is 0 Å². The maximum Gasteiger partial charge on any atom is 0.0367 e. The number of anilines is 1. The highest BCUT2D eigenvalue weighted by Crippen LogP contribution is 2.27. The van der Waals surface area contributed by atoms with Crippen LogP contribution in [0.25, 0.3) is 0 Å². The molecule has 1 aliphatic rings. The Labute approximate surface area is 94.2 Å². The molecular weight excluding hydrogens is 238 g/mol. The third kappa shape index (κ3) is 2.11. The molecule has 0 bridgehead atoms. The van der Waals surface area contributed by atoms with Gasteiger partial charge in [0.1, 0.15) is 0 Å². The molecule has 1 fully saturated rings. The van der Waals surface area contributed by atoms with E-state index in [9.17, 15) is 0 Å². The van der Waals surface area contributed by atoms with E-state index in [1.54, 1.807) is 0 Å². The largest absolute Gasteiger partial charge is 0.371 e. The van der Waals surface area contributed by atoms with Gasteiger partial charge in [-0.25, -0.2) is 0 Å². The zero-order chi connectivity index (χ0) is 9.97. The van der Waals surface area contributed by atoms with Crippen LogP contribution in [0.3, 0.4) is 0 Å². The van der Waals surface area contributed by atoms with Gasteiger partial charge in [-0.1, -0.05) is 29.3 Å². The minimum atomic E-state index is 0.934. The summed E-state index contributed by atoms with van der Waals surface area (Å²) in [7, 11) is 0. The first-order valence-corrected chi connectivity index (χ1v) is 6.09. The van der Waals surface area contributed by atoms with Crippen LogP contribution in [-0.2, 0) is 0 Å². The van der Waals surface area contributed by atoms with Gasteiger partial charge in [0, 0.05) is 23.2 Å². The zero-order valence-electron chi connectivity index (χ0n) is 8.54. The van der Waals surface area contributed by atoms with Crippen LogP contribution in [0.5, 0.6) is 0 Å². The molecule has 1 saturated heterocycles.